The second-order valence-corrected chi connectivity index (χ2v) is 8.14. The lowest BCUT2D eigenvalue weighted by atomic mass is 9.98. The number of carboxylic acids is 1. The number of rotatable bonds is 6. The van der Waals surface area contributed by atoms with Gasteiger partial charge in [0.1, 0.15) is 6.61 Å². The van der Waals surface area contributed by atoms with Crippen molar-refractivity contribution in [2.45, 2.75) is 12.5 Å². The summed E-state index contributed by atoms with van der Waals surface area (Å²) in [5.41, 5.74) is 5.54. The lowest BCUT2D eigenvalue weighted by molar-refractivity contribution is -0.124. The molecule has 35 heavy (non-hydrogen) atoms. The molecule has 0 radical (unpaired) electrons. The molecule has 7 heteroatoms. The molecule has 176 valence electrons. The summed E-state index contributed by atoms with van der Waals surface area (Å²) in [4.78, 5) is 36.7. The number of alkyl carbamates (subject to hydrolysis) is 1. The number of hydrogen-bond acceptors (Lipinski definition) is 4. The van der Waals surface area contributed by atoms with E-state index in [1.54, 1.807) is 19.2 Å². The van der Waals surface area contributed by atoms with Gasteiger partial charge >= 0.3 is 12.1 Å². The first-order valence-electron chi connectivity index (χ1n) is 11.1. The highest BCUT2D eigenvalue weighted by molar-refractivity contribution is 5.93. The van der Waals surface area contributed by atoms with Crippen LogP contribution in [0.2, 0.25) is 0 Å². The van der Waals surface area contributed by atoms with Crippen LogP contribution in [0.5, 0.6) is 0 Å². The molecule has 2 amide bonds. The van der Waals surface area contributed by atoms with Crippen molar-refractivity contribution >= 4 is 18.0 Å². The van der Waals surface area contributed by atoms with E-state index >= 15 is 0 Å². The van der Waals surface area contributed by atoms with Crippen LogP contribution in [-0.4, -0.2) is 48.2 Å². The number of fused-ring (bicyclic) bond motifs is 3. The Bertz CT molecular complexity index is 1280. The van der Waals surface area contributed by atoms with Gasteiger partial charge in [-0.2, -0.15) is 0 Å². The Morgan fingerprint density at radius 2 is 1.54 bits per heavy atom. The maximum atomic E-state index is 12.2. The summed E-state index contributed by atoms with van der Waals surface area (Å²) in [6.45, 7) is 0.465. The predicted octanol–water partition coefficient (Wildman–Crippen LogP) is 3.89. The number of hydrogen-bond donors (Lipinski definition) is 2. The normalized spacial score (nSPS) is 11.5. The summed E-state index contributed by atoms with van der Waals surface area (Å²) in [6, 6.07) is 22.5. The minimum atomic E-state index is -1.00. The average molecular weight is 469 g/mol. The summed E-state index contributed by atoms with van der Waals surface area (Å²) in [5, 5.41) is 11.5. The van der Waals surface area contributed by atoms with E-state index in [1.807, 2.05) is 24.3 Å². The summed E-state index contributed by atoms with van der Waals surface area (Å²) >= 11 is 0. The molecule has 3 aromatic rings. The fourth-order valence-corrected chi connectivity index (χ4v) is 4.08. The van der Waals surface area contributed by atoms with E-state index in [9.17, 15) is 14.4 Å². The lowest BCUT2D eigenvalue weighted by Gasteiger charge is -2.14. The molecule has 1 aliphatic rings. The fraction of sp³-hybridized carbons (Fsp3) is 0.179. The monoisotopic (exact) mass is 468 g/mol. The number of carboxylic acid groups (broad SMARTS) is 1. The number of nitrogens with one attached hydrogen (secondary N) is 1. The summed E-state index contributed by atoms with van der Waals surface area (Å²) < 4.78 is 5.44. The van der Waals surface area contributed by atoms with Gasteiger partial charge in [0.15, 0.2) is 0 Å². The van der Waals surface area contributed by atoms with E-state index in [0.29, 0.717) is 0 Å². The minimum absolute atomic E-state index is 0.0242. The Morgan fingerprint density at radius 1 is 0.943 bits per heavy atom. The lowest BCUT2D eigenvalue weighted by Crippen LogP contribution is -2.27. The number of nitrogens with zero attached hydrogens (tertiary/aromatic N) is 1. The minimum Gasteiger partial charge on any atom is -0.478 e. The van der Waals surface area contributed by atoms with E-state index in [4.69, 9.17) is 9.84 Å². The molecular weight excluding hydrogens is 444 g/mol. The van der Waals surface area contributed by atoms with Crippen LogP contribution in [0, 0.1) is 11.8 Å². The van der Waals surface area contributed by atoms with Crippen LogP contribution in [0.1, 0.15) is 33.0 Å². The number of benzene rings is 3. The molecule has 4 rings (SSSR count). The maximum Gasteiger partial charge on any atom is 0.407 e. The summed E-state index contributed by atoms with van der Waals surface area (Å²) in [6.07, 6.45) is -0.597. The molecular formula is C28H24N2O5. The number of amides is 2. The van der Waals surface area contributed by atoms with Crippen molar-refractivity contribution in [2.75, 3.05) is 20.2 Å². The zero-order chi connectivity index (χ0) is 24.8. The van der Waals surface area contributed by atoms with E-state index in [1.165, 1.54) is 17.0 Å². The summed E-state index contributed by atoms with van der Waals surface area (Å²) in [7, 11) is 1.60. The van der Waals surface area contributed by atoms with Crippen molar-refractivity contribution in [1.82, 2.24) is 10.2 Å². The largest absolute Gasteiger partial charge is 0.478 e. The maximum absolute atomic E-state index is 12.2. The second-order valence-electron chi connectivity index (χ2n) is 8.14. The molecule has 0 aromatic heterocycles. The second kappa shape index (κ2) is 10.6. The fourth-order valence-electron chi connectivity index (χ4n) is 4.08. The summed E-state index contributed by atoms with van der Waals surface area (Å²) in [5.74, 6) is 3.67. The van der Waals surface area contributed by atoms with Crippen molar-refractivity contribution in [2.24, 2.45) is 0 Å². The zero-order valence-electron chi connectivity index (χ0n) is 19.2. The number of carbonyl (C=O) groups is 3. The standard InChI is InChI=1S/C28H24N2O5/c1-30(17-19-12-14-20(15-13-19)27(32)33)26(31)11-6-16-29-28(34)35-18-25-23-9-4-2-7-21(23)22-8-3-5-10-24(22)25/h2-5,7-10,12-15,25H,16-18H2,1H3,(H,29,34)(H,32,33). The van der Waals surface area contributed by atoms with Gasteiger partial charge in [-0.15, -0.1) is 0 Å². The molecule has 0 heterocycles. The molecule has 0 fully saturated rings. The van der Waals surface area contributed by atoms with Crippen molar-refractivity contribution in [3.8, 4) is 23.0 Å². The first kappa shape index (κ1) is 23.6. The van der Waals surface area contributed by atoms with Crippen LogP contribution in [0.3, 0.4) is 0 Å². The molecule has 0 saturated heterocycles. The van der Waals surface area contributed by atoms with E-state index in [2.05, 4.69) is 41.4 Å². The third-order valence-corrected chi connectivity index (χ3v) is 5.83. The first-order valence-corrected chi connectivity index (χ1v) is 11.1. The molecule has 3 aromatic carbocycles. The zero-order valence-corrected chi connectivity index (χ0v) is 19.2. The van der Waals surface area contributed by atoms with Crippen molar-refractivity contribution < 1.29 is 24.2 Å². The van der Waals surface area contributed by atoms with Gasteiger partial charge in [0.25, 0.3) is 5.91 Å². The highest BCUT2D eigenvalue weighted by Gasteiger charge is 2.28. The van der Waals surface area contributed by atoms with Gasteiger partial charge in [-0.25, -0.2) is 9.59 Å². The topological polar surface area (TPSA) is 95.9 Å². The highest BCUT2D eigenvalue weighted by Crippen LogP contribution is 2.44. The number of carbonyl (C=O) groups excluding carboxylic acids is 2. The van der Waals surface area contributed by atoms with Crippen LogP contribution in [0.25, 0.3) is 11.1 Å². The molecule has 0 unspecified atom stereocenters. The molecule has 0 atom stereocenters. The molecule has 0 spiro atoms. The van der Waals surface area contributed by atoms with Gasteiger partial charge < -0.3 is 20.1 Å². The third kappa shape index (κ3) is 5.50. The predicted molar refractivity (Wildman–Crippen MR) is 131 cm³/mol. The van der Waals surface area contributed by atoms with Gasteiger partial charge in [-0.05, 0) is 45.9 Å². The van der Waals surface area contributed by atoms with Crippen LogP contribution in [0.4, 0.5) is 4.79 Å². The van der Waals surface area contributed by atoms with Gasteiger partial charge in [-0.3, -0.25) is 4.79 Å². The highest BCUT2D eigenvalue weighted by atomic mass is 16.5. The molecule has 0 aliphatic heterocycles. The van der Waals surface area contributed by atoms with Crippen LogP contribution in [-0.2, 0) is 16.1 Å². The van der Waals surface area contributed by atoms with E-state index < -0.39 is 18.0 Å². The van der Waals surface area contributed by atoms with Gasteiger partial charge in [-0.1, -0.05) is 66.6 Å². The average Bonchev–Trinajstić information content (AvgIpc) is 3.19. The van der Waals surface area contributed by atoms with Crippen molar-refractivity contribution in [3.63, 3.8) is 0 Å². The van der Waals surface area contributed by atoms with Crippen molar-refractivity contribution in [3.05, 3.63) is 95.1 Å². The van der Waals surface area contributed by atoms with Gasteiger partial charge in [0.05, 0.1) is 12.1 Å². The first-order chi connectivity index (χ1) is 16.9. The number of ether oxygens (including phenoxy) is 1. The van der Waals surface area contributed by atoms with Gasteiger partial charge in [0.2, 0.25) is 0 Å². The van der Waals surface area contributed by atoms with E-state index in [0.717, 1.165) is 27.8 Å². The Morgan fingerprint density at radius 3 is 2.14 bits per heavy atom. The quantitative estimate of drug-likeness (QED) is 0.535. The van der Waals surface area contributed by atoms with E-state index in [-0.39, 0.29) is 31.2 Å². The number of aromatic carboxylic acids is 1. The van der Waals surface area contributed by atoms with Gasteiger partial charge in [0, 0.05) is 19.5 Å². The molecule has 2 N–H and O–H groups in total. The van der Waals surface area contributed by atoms with Crippen LogP contribution in [0.15, 0.2) is 72.8 Å². The third-order valence-electron chi connectivity index (χ3n) is 5.83. The smallest absolute Gasteiger partial charge is 0.407 e. The Kier molecular flexibility index (Phi) is 7.12. The van der Waals surface area contributed by atoms with Crippen LogP contribution < -0.4 is 5.32 Å². The Hall–Kier alpha value is -4.57. The molecule has 1 aliphatic carbocycles. The Balaban J connectivity index is 1.25. The molecule has 0 bridgehead atoms. The SMILES string of the molecule is CN(Cc1ccc(C(=O)O)cc1)C(=O)C#CCNC(=O)OCC1c2ccccc2-c2ccccc21. The molecule has 0 saturated carbocycles. The van der Waals surface area contributed by atoms with Crippen molar-refractivity contribution in [1.29, 1.82) is 0 Å². The van der Waals surface area contributed by atoms with Crippen LogP contribution >= 0.6 is 0 Å². The molecule has 7 nitrogen and oxygen atoms in total. The Labute approximate surface area is 203 Å².